The van der Waals surface area contributed by atoms with Crippen LogP contribution in [0, 0.1) is 0 Å². The molecule has 78 valence electrons. The first-order chi connectivity index (χ1) is 6.33. The smallest absolute Gasteiger partial charge is 0.0273 e. The molecule has 0 aliphatic carbocycles. The summed E-state index contributed by atoms with van der Waals surface area (Å²) in [6.45, 7) is 6.19. The van der Waals surface area contributed by atoms with Crippen molar-refractivity contribution >= 4 is 15.9 Å². The van der Waals surface area contributed by atoms with E-state index in [0.717, 1.165) is 4.83 Å². The molecule has 1 atom stereocenters. The molecule has 2 heteroatoms. The van der Waals surface area contributed by atoms with E-state index >= 15 is 0 Å². The van der Waals surface area contributed by atoms with Crippen molar-refractivity contribution in [3.8, 4) is 0 Å². The van der Waals surface area contributed by atoms with Gasteiger partial charge in [0.1, 0.15) is 0 Å². The van der Waals surface area contributed by atoms with Gasteiger partial charge in [0.05, 0.1) is 0 Å². The number of rotatable bonds is 5. The van der Waals surface area contributed by atoms with E-state index in [1.54, 1.807) is 0 Å². The van der Waals surface area contributed by atoms with Gasteiger partial charge in [-0.25, -0.2) is 0 Å². The van der Waals surface area contributed by atoms with Gasteiger partial charge in [-0.15, -0.1) is 0 Å². The van der Waals surface area contributed by atoms with Crippen LogP contribution in [-0.2, 0) is 0 Å². The first-order valence-electron chi connectivity index (χ1n) is 5.69. The summed E-state index contributed by atoms with van der Waals surface area (Å²) in [6, 6.07) is 0. The predicted molar refractivity (Wildman–Crippen MR) is 62.5 cm³/mol. The summed E-state index contributed by atoms with van der Waals surface area (Å²) in [4.78, 5) is 3.37. The van der Waals surface area contributed by atoms with E-state index < -0.39 is 0 Å². The van der Waals surface area contributed by atoms with Crippen molar-refractivity contribution in [1.29, 1.82) is 0 Å². The van der Waals surface area contributed by atoms with Crippen molar-refractivity contribution in [2.75, 3.05) is 19.6 Å². The zero-order valence-electron chi connectivity index (χ0n) is 8.77. The first kappa shape index (κ1) is 11.5. The van der Waals surface area contributed by atoms with Crippen LogP contribution in [0.4, 0.5) is 0 Å². The molecule has 0 amide bonds. The van der Waals surface area contributed by atoms with E-state index in [0.29, 0.717) is 0 Å². The number of halogens is 1. The van der Waals surface area contributed by atoms with Crippen LogP contribution in [0.1, 0.15) is 45.4 Å². The van der Waals surface area contributed by atoms with E-state index in [9.17, 15) is 0 Å². The van der Waals surface area contributed by atoms with Crippen LogP contribution in [0.3, 0.4) is 0 Å². The number of alkyl halides is 1. The van der Waals surface area contributed by atoms with Crippen LogP contribution in [-0.4, -0.2) is 29.4 Å². The zero-order chi connectivity index (χ0) is 9.52. The third-order valence-electron chi connectivity index (χ3n) is 2.78. The molecule has 1 aliphatic rings. The molecule has 0 aromatic rings. The van der Waals surface area contributed by atoms with Crippen molar-refractivity contribution in [1.82, 2.24) is 4.90 Å². The monoisotopic (exact) mass is 247 g/mol. The summed E-state index contributed by atoms with van der Waals surface area (Å²) in [5.41, 5.74) is 0. The van der Waals surface area contributed by atoms with Gasteiger partial charge < -0.3 is 4.90 Å². The second-order valence-electron chi connectivity index (χ2n) is 4.10. The molecule has 0 bridgehead atoms. The summed E-state index contributed by atoms with van der Waals surface area (Å²) >= 11 is 3.71. The van der Waals surface area contributed by atoms with Crippen molar-refractivity contribution < 1.29 is 0 Å². The van der Waals surface area contributed by atoms with Gasteiger partial charge >= 0.3 is 0 Å². The van der Waals surface area contributed by atoms with Gasteiger partial charge in [0.2, 0.25) is 0 Å². The molecule has 1 aliphatic heterocycles. The lowest BCUT2D eigenvalue weighted by Crippen LogP contribution is -2.36. The Morgan fingerprint density at radius 2 is 2.15 bits per heavy atom. The standard InChI is InChI=1S/C11H22BrN/c1-2-3-4-5-8-13-9-6-7-11(12)10-13/h11H,2-10H2,1H3. The molecule has 0 spiro atoms. The van der Waals surface area contributed by atoms with E-state index in [1.807, 2.05) is 0 Å². The van der Waals surface area contributed by atoms with Gasteiger partial charge in [-0.05, 0) is 32.4 Å². The minimum Gasteiger partial charge on any atom is -0.302 e. The topological polar surface area (TPSA) is 3.24 Å². The van der Waals surface area contributed by atoms with Crippen molar-refractivity contribution in [2.45, 2.75) is 50.3 Å². The van der Waals surface area contributed by atoms with Crippen molar-refractivity contribution in [2.24, 2.45) is 0 Å². The molecule has 0 radical (unpaired) electrons. The minimum absolute atomic E-state index is 0.757. The molecule has 1 rings (SSSR count). The molecule has 1 nitrogen and oxygen atoms in total. The fraction of sp³-hybridized carbons (Fsp3) is 1.00. The van der Waals surface area contributed by atoms with E-state index in [2.05, 4.69) is 27.8 Å². The number of nitrogens with zero attached hydrogens (tertiary/aromatic N) is 1. The van der Waals surface area contributed by atoms with Crippen LogP contribution >= 0.6 is 15.9 Å². The Morgan fingerprint density at radius 3 is 2.85 bits per heavy atom. The van der Waals surface area contributed by atoms with Gasteiger partial charge in [-0.3, -0.25) is 0 Å². The molecule has 0 aromatic carbocycles. The highest BCUT2D eigenvalue weighted by atomic mass is 79.9. The van der Waals surface area contributed by atoms with E-state index in [4.69, 9.17) is 0 Å². The number of unbranched alkanes of at least 4 members (excludes halogenated alkanes) is 3. The van der Waals surface area contributed by atoms with Crippen LogP contribution in [0.2, 0.25) is 0 Å². The van der Waals surface area contributed by atoms with Gasteiger partial charge in [0.25, 0.3) is 0 Å². The van der Waals surface area contributed by atoms with Gasteiger partial charge in [-0.1, -0.05) is 42.1 Å². The summed E-state index contributed by atoms with van der Waals surface area (Å²) in [5, 5.41) is 0. The number of likely N-dealkylation sites (tertiary alicyclic amines) is 1. The number of hydrogen-bond donors (Lipinski definition) is 0. The van der Waals surface area contributed by atoms with Crippen LogP contribution in [0.15, 0.2) is 0 Å². The highest BCUT2D eigenvalue weighted by Crippen LogP contribution is 2.17. The van der Waals surface area contributed by atoms with Crippen molar-refractivity contribution in [3.05, 3.63) is 0 Å². The molecule has 0 saturated carbocycles. The van der Waals surface area contributed by atoms with Gasteiger partial charge in [0.15, 0.2) is 0 Å². The van der Waals surface area contributed by atoms with Crippen LogP contribution in [0.25, 0.3) is 0 Å². The second-order valence-corrected chi connectivity index (χ2v) is 5.40. The summed E-state index contributed by atoms with van der Waals surface area (Å²) < 4.78 is 0. The Morgan fingerprint density at radius 1 is 1.31 bits per heavy atom. The Hall–Kier alpha value is 0.440. The average molecular weight is 248 g/mol. The van der Waals surface area contributed by atoms with E-state index in [1.165, 1.54) is 58.2 Å². The summed E-state index contributed by atoms with van der Waals surface area (Å²) in [7, 11) is 0. The highest BCUT2D eigenvalue weighted by Gasteiger charge is 2.16. The lowest BCUT2D eigenvalue weighted by molar-refractivity contribution is 0.231. The third-order valence-corrected chi connectivity index (χ3v) is 3.52. The SMILES string of the molecule is CCCCCCN1CCCC(Br)C1. The number of piperidine rings is 1. The number of hydrogen-bond acceptors (Lipinski definition) is 1. The highest BCUT2D eigenvalue weighted by molar-refractivity contribution is 9.09. The molecule has 0 aromatic heterocycles. The van der Waals surface area contributed by atoms with Gasteiger partial charge in [0, 0.05) is 11.4 Å². The maximum atomic E-state index is 3.71. The summed E-state index contributed by atoms with van der Waals surface area (Å²) in [6.07, 6.45) is 8.31. The largest absolute Gasteiger partial charge is 0.302 e. The molecule has 0 N–H and O–H groups in total. The normalized spacial score (nSPS) is 24.9. The second kappa shape index (κ2) is 6.83. The average Bonchev–Trinajstić information content (AvgIpc) is 2.13. The summed E-state index contributed by atoms with van der Waals surface area (Å²) in [5.74, 6) is 0. The molecular weight excluding hydrogens is 226 g/mol. The van der Waals surface area contributed by atoms with Gasteiger partial charge in [-0.2, -0.15) is 0 Å². The molecule has 1 unspecified atom stereocenters. The lowest BCUT2D eigenvalue weighted by atomic mass is 10.1. The molecule has 13 heavy (non-hydrogen) atoms. The zero-order valence-corrected chi connectivity index (χ0v) is 10.4. The molecular formula is C11H22BrN. The Bertz CT molecular complexity index is 127. The van der Waals surface area contributed by atoms with Crippen LogP contribution in [0.5, 0.6) is 0 Å². The Kier molecular flexibility index (Phi) is 6.05. The molecule has 1 fully saturated rings. The quantitative estimate of drug-likeness (QED) is 0.532. The first-order valence-corrected chi connectivity index (χ1v) is 6.61. The minimum atomic E-state index is 0.757. The third kappa shape index (κ3) is 5.02. The fourth-order valence-electron chi connectivity index (χ4n) is 1.96. The fourth-order valence-corrected chi connectivity index (χ4v) is 2.70. The molecule has 1 heterocycles. The Balaban J connectivity index is 2.00. The van der Waals surface area contributed by atoms with E-state index in [-0.39, 0.29) is 0 Å². The molecule has 1 saturated heterocycles. The van der Waals surface area contributed by atoms with Crippen LogP contribution < -0.4 is 0 Å². The maximum Gasteiger partial charge on any atom is 0.0273 e. The lowest BCUT2D eigenvalue weighted by Gasteiger charge is -2.29. The predicted octanol–water partition coefficient (Wildman–Crippen LogP) is 3.43. The van der Waals surface area contributed by atoms with Crippen molar-refractivity contribution in [3.63, 3.8) is 0 Å². The maximum absolute atomic E-state index is 3.71. The Labute approximate surface area is 91.0 Å².